The number of hydrogen-bond acceptors (Lipinski definition) is 5. The van der Waals surface area contributed by atoms with Crippen LogP contribution in [0.1, 0.15) is 70.1 Å². The van der Waals surface area contributed by atoms with Gasteiger partial charge in [-0.05, 0) is 64.8 Å². The Hall–Kier alpha value is -2.51. The van der Waals surface area contributed by atoms with Gasteiger partial charge in [0.25, 0.3) is 5.91 Å². The van der Waals surface area contributed by atoms with Crippen LogP contribution in [0.2, 0.25) is 0 Å². The van der Waals surface area contributed by atoms with E-state index in [1.165, 1.54) is 4.88 Å². The fourth-order valence-electron chi connectivity index (χ4n) is 4.15. The third-order valence-electron chi connectivity index (χ3n) is 5.84. The fraction of sp³-hybridized carbons (Fsp3) is 0.370. The summed E-state index contributed by atoms with van der Waals surface area (Å²) in [6, 6.07) is 15.2. The van der Waals surface area contributed by atoms with E-state index in [0.29, 0.717) is 30.1 Å². The van der Waals surface area contributed by atoms with Gasteiger partial charge in [-0.3, -0.25) is 4.79 Å². The Balaban J connectivity index is 1.45. The summed E-state index contributed by atoms with van der Waals surface area (Å²) in [5.74, 6) is -0.256. The molecule has 2 aromatic carbocycles. The summed E-state index contributed by atoms with van der Waals surface area (Å²) in [6.07, 6.45) is 1.71. The Morgan fingerprint density at radius 3 is 2.26 bits per heavy atom. The molecule has 34 heavy (non-hydrogen) atoms. The van der Waals surface area contributed by atoms with E-state index in [9.17, 15) is 9.59 Å². The van der Waals surface area contributed by atoms with Crippen LogP contribution >= 0.6 is 27.3 Å². The first kappa shape index (κ1) is 24.6. The quantitative estimate of drug-likeness (QED) is 0.339. The molecule has 2 heterocycles. The summed E-state index contributed by atoms with van der Waals surface area (Å²) in [4.78, 5) is 34.0. The van der Waals surface area contributed by atoms with Crippen molar-refractivity contribution in [2.75, 3.05) is 13.1 Å². The minimum atomic E-state index is -0.619. The van der Waals surface area contributed by atoms with Gasteiger partial charge < -0.3 is 9.64 Å². The smallest absolute Gasteiger partial charge is 0.339 e. The van der Waals surface area contributed by atoms with Crippen molar-refractivity contribution in [3.8, 4) is 11.3 Å². The second-order valence-corrected chi connectivity index (χ2v) is 11.7. The second-order valence-electron chi connectivity index (χ2n) is 9.58. The van der Waals surface area contributed by atoms with Crippen LogP contribution in [0.4, 0.5) is 0 Å². The summed E-state index contributed by atoms with van der Waals surface area (Å²) < 4.78 is 6.56. The summed E-state index contributed by atoms with van der Waals surface area (Å²) >= 11 is 5.24. The van der Waals surface area contributed by atoms with Crippen LogP contribution in [0, 0.1) is 6.92 Å². The van der Waals surface area contributed by atoms with Crippen molar-refractivity contribution in [2.24, 2.45) is 0 Å². The number of esters is 1. The van der Waals surface area contributed by atoms with E-state index in [-0.39, 0.29) is 5.91 Å². The Morgan fingerprint density at radius 2 is 1.65 bits per heavy atom. The molecule has 0 bridgehead atoms. The molecule has 1 aromatic heterocycles. The molecule has 0 radical (unpaired) electrons. The maximum absolute atomic E-state index is 13.3. The zero-order chi connectivity index (χ0) is 24.5. The highest BCUT2D eigenvalue weighted by Gasteiger charge is 2.30. The zero-order valence-corrected chi connectivity index (χ0v) is 22.3. The van der Waals surface area contributed by atoms with Crippen LogP contribution in [-0.2, 0) is 4.74 Å². The van der Waals surface area contributed by atoms with E-state index in [2.05, 4.69) is 35.0 Å². The number of nitrogens with zero attached hydrogens (tertiary/aromatic N) is 2. The summed E-state index contributed by atoms with van der Waals surface area (Å²) in [7, 11) is 0. The number of ether oxygens (including phenoxy) is 1. The number of thiazole rings is 1. The van der Waals surface area contributed by atoms with E-state index in [0.717, 1.165) is 33.6 Å². The zero-order valence-electron chi connectivity index (χ0n) is 19.9. The van der Waals surface area contributed by atoms with Crippen molar-refractivity contribution < 1.29 is 14.3 Å². The van der Waals surface area contributed by atoms with Gasteiger partial charge in [0.2, 0.25) is 0 Å². The van der Waals surface area contributed by atoms with Crippen LogP contribution in [0.5, 0.6) is 0 Å². The van der Waals surface area contributed by atoms with Gasteiger partial charge in [0.1, 0.15) is 5.60 Å². The minimum absolute atomic E-state index is 0.120. The summed E-state index contributed by atoms with van der Waals surface area (Å²) in [5.41, 5.74) is 2.26. The Kier molecular flexibility index (Phi) is 7.24. The van der Waals surface area contributed by atoms with E-state index < -0.39 is 11.6 Å². The van der Waals surface area contributed by atoms with Crippen molar-refractivity contribution in [1.82, 2.24) is 9.88 Å². The minimum Gasteiger partial charge on any atom is -0.456 e. The van der Waals surface area contributed by atoms with Crippen molar-refractivity contribution >= 4 is 39.1 Å². The molecule has 0 N–H and O–H groups in total. The van der Waals surface area contributed by atoms with Crippen molar-refractivity contribution in [2.45, 2.75) is 52.1 Å². The first-order valence-corrected chi connectivity index (χ1v) is 13.1. The molecular formula is C27H29BrN2O3S. The molecule has 178 valence electrons. The van der Waals surface area contributed by atoms with Crippen molar-refractivity contribution in [1.29, 1.82) is 0 Å². The topological polar surface area (TPSA) is 59.5 Å². The Bertz CT molecular complexity index is 1190. The van der Waals surface area contributed by atoms with Gasteiger partial charge in [0.15, 0.2) is 0 Å². The van der Waals surface area contributed by atoms with Crippen LogP contribution in [0.25, 0.3) is 11.3 Å². The molecule has 3 aromatic rings. The number of benzene rings is 2. The molecule has 0 saturated carbocycles. The lowest BCUT2D eigenvalue weighted by Gasteiger charge is -2.31. The first-order valence-electron chi connectivity index (χ1n) is 11.5. The highest BCUT2D eigenvalue weighted by atomic mass is 79.9. The SMILES string of the molecule is Cc1sc(C2CCN(C(=O)c3ccccc3C(=O)OC(C)(C)C)CC2)nc1-c1ccc(Br)cc1. The molecule has 7 heteroatoms. The highest BCUT2D eigenvalue weighted by molar-refractivity contribution is 9.10. The van der Waals surface area contributed by atoms with Gasteiger partial charge in [-0.15, -0.1) is 11.3 Å². The van der Waals surface area contributed by atoms with E-state index in [1.54, 1.807) is 35.6 Å². The molecule has 0 spiro atoms. The maximum atomic E-state index is 13.3. The number of carbonyl (C=O) groups excluding carboxylic acids is 2. The van der Waals surface area contributed by atoms with Crippen LogP contribution in [0.15, 0.2) is 53.0 Å². The lowest BCUT2D eigenvalue weighted by atomic mass is 9.96. The van der Waals surface area contributed by atoms with Crippen LogP contribution < -0.4 is 0 Å². The standard InChI is InChI=1S/C27H29BrN2O3S/c1-17-23(18-9-11-20(28)12-10-18)29-24(34-17)19-13-15-30(16-14-19)25(31)21-7-5-6-8-22(21)26(32)33-27(2,3)4/h5-12,19H,13-16H2,1-4H3. The van der Waals surface area contributed by atoms with Crippen LogP contribution in [0.3, 0.4) is 0 Å². The lowest BCUT2D eigenvalue weighted by molar-refractivity contribution is 0.00664. The van der Waals surface area contributed by atoms with Gasteiger partial charge in [-0.1, -0.05) is 40.2 Å². The predicted molar refractivity (Wildman–Crippen MR) is 139 cm³/mol. The predicted octanol–water partition coefficient (Wildman–Crippen LogP) is 6.86. The maximum Gasteiger partial charge on any atom is 0.339 e. The largest absolute Gasteiger partial charge is 0.456 e. The summed E-state index contributed by atoms with van der Waals surface area (Å²) in [6.45, 7) is 8.86. The van der Waals surface area contributed by atoms with Crippen LogP contribution in [-0.4, -0.2) is 40.5 Å². The second kappa shape index (κ2) is 10.0. The molecule has 4 rings (SSSR count). The average Bonchev–Trinajstić information content (AvgIpc) is 3.19. The van der Waals surface area contributed by atoms with E-state index >= 15 is 0 Å². The van der Waals surface area contributed by atoms with E-state index in [1.807, 2.05) is 37.8 Å². The van der Waals surface area contributed by atoms with Gasteiger partial charge in [-0.2, -0.15) is 0 Å². The first-order chi connectivity index (χ1) is 16.1. The third kappa shape index (κ3) is 5.58. The molecule has 5 nitrogen and oxygen atoms in total. The number of piperidine rings is 1. The molecular weight excluding hydrogens is 512 g/mol. The molecule has 1 aliphatic heterocycles. The molecule has 1 saturated heterocycles. The molecule has 0 unspecified atom stereocenters. The number of carbonyl (C=O) groups is 2. The molecule has 1 amide bonds. The number of rotatable bonds is 4. The average molecular weight is 542 g/mol. The lowest BCUT2D eigenvalue weighted by Crippen LogP contribution is -2.38. The third-order valence-corrected chi connectivity index (χ3v) is 7.50. The Labute approximate surface area is 213 Å². The number of halogens is 1. The number of hydrogen-bond donors (Lipinski definition) is 0. The molecule has 0 atom stereocenters. The van der Waals surface area contributed by atoms with Gasteiger partial charge >= 0.3 is 5.97 Å². The Morgan fingerprint density at radius 1 is 1.03 bits per heavy atom. The number of amides is 1. The van der Waals surface area contributed by atoms with Gasteiger partial charge in [0.05, 0.1) is 21.8 Å². The van der Waals surface area contributed by atoms with E-state index in [4.69, 9.17) is 9.72 Å². The normalized spacial score (nSPS) is 14.8. The van der Waals surface area contributed by atoms with Gasteiger partial charge in [0, 0.05) is 33.9 Å². The number of aryl methyl sites for hydroxylation is 1. The number of aromatic nitrogens is 1. The molecule has 1 fully saturated rings. The highest BCUT2D eigenvalue weighted by Crippen LogP contribution is 2.36. The monoisotopic (exact) mass is 540 g/mol. The number of likely N-dealkylation sites (tertiary alicyclic amines) is 1. The van der Waals surface area contributed by atoms with Gasteiger partial charge in [-0.25, -0.2) is 9.78 Å². The summed E-state index contributed by atoms with van der Waals surface area (Å²) in [5, 5.41) is 1.14. The molecule has 0 aliphatic carbocycles. The fourth-order valence-corrected chi connectivity index (χ4v) is 5.53. The van der Waals surface area contributed by atoms with Crippen molar-refractivity contribution in [3.63, 3.8) is 0 Å². The molecule has 1 aliphatic rings. The van der Waals surface area contributed by atoms with Crippen molar-refractivity contribution in [3.05, 3.63) is 74.0 Å².